The highest BCUT2D eigenvalue weighted by molar-refractivity contribution is 5.76. The average molecular weight is 240 g/mol. The zero-order chi connectivity index (χ0) is 12.1. The number of hydrogen-bond acceptors (Lipinski definition) is 3. The van der Waals surface area contributed by atoms with E-state index in [1.54, 1.807) is 0 Å². The highest BCUT2D eigenvalue weighted by atomic mass is 16.3. The molecule has 0 bridgehead atoms. The minimum absolute atomic E-state index is 0.163. The van der Waals surface area contributed by atoms with E-state index in [1.165, 1.54) is 0 Å². The fourth-order valence-corrected chi connectivity index (χ4v) is 2.92. The van der Waals surface area contributed by atoms with Gasteiger partial charge in [-0.3, -0.25) is 4.79 Å². The van der Waals surface area contributed by atoms with E-state index >= 15 is 0 Å². The van der Waals surface area contributed by atoms with Gasteiger partial charge in [-0.2, -0.15) is 0 Å². The number of nitrogens with one attached hydrogen (secondary N) is 2. The molecule has 2 fully saturated rings. The zero-order valence-corrected chi connectivity index (χ0v) is 10.5. The van der Waals surface area contributed by atoms with Crippen LogP contribution in [0.1, 0.15) is 38.5 Å². The summed E-state index contributed by atoms with van der Waals surface area (Å²) in [5, 5.41) is 16.0. The number of aliphatic hydroxyl groups excluding tert-OH is 1. The van der Waals surface area contributed by atoms with Crippen LogP contribution in [0.5, 0.6) is 0 Å². The van der Waals surface area contributed by atoms with E-state index in [-0.39, 0.29) is 17.9 Å². The lowest BCUT2D eigenvalue weighted by Crippen LogP contribution is -2.35. The van der Waals surface area contributed by atoms with E-state index in [4.69, 9.17) is 0 Å². The van der Waals surface area contributed by atoms with E-state index in [9.17, 15) is 9.90 Å². The summed E-state index contributed by atoms with van der Waals surface area (Å²) >= 11 is 0. The van der Waals surface area contributed by atoms with Gasteiger partial charge in [-0.15, -0.1) is 0 Å². The summed E-state index contributed by atoms with van der Waals surface area (Å²) in [5.41, 5.74) is 0. The first kappa shape index (κ1) is 12.8. The molecule has 0 aromatic rings. The fourth-order valence-electron chi connectivity index (χ4n) is 2.92. The zero-order valence-electron chi connectivity index (χ0n) is 10.5. The highest BCUT2D eigenvalue weighted by Crippen LogP contribution is 2.24. The highest BCUT2D eigenvalue weighted by Gasteiger charge is 2.25. The van der Waals surface area contributed by atoms with Crippen molar-refractivity contribution in [1.82, 2.24) is 10.6 Å². The lowest BCUT2D eigenvalue weighted by atomic mass is 9.94. The molecule has 98 valence electrons. The molecule has 1 aliphatic carbocycles. The summed E-state index contributed by atoms with van der Waals surface area (Å²) in [6, 6.07) is 0. The van der Waals surface area contributed by atoms with Crippen molar-refractivity contribution < 1.29 is 9.90 Å². The van der Waals surface area contributed by atoms with Gasteiger partial charge in [0.05, 0.1) is 6.10 Å². The maximum absolute atomic E-state index is 11.8. The molecule has 17 heavy (non-hydrogen) atoms. The van der Waals surface area contributed by atoms with E-state index in [0.29, 0.717) is 18.9 Å². The Morgan fingerprint density at radius 2 is 2.00 bits per heavy atom. The molecule has 1 heterocycles. The molecule has 4 heteroatoms. The molecule has 2 atom stereocenters. The molecule has 3 N–H and O–H groups in total. The summed E-state index contributed by atoms with van der Waals surface area (Å²) in [6.07, 6.45) is 5.72. The minimum Gasteiger partial charge on any atom is -0.393 e. The number of amides is 1. The van der Waals surface area contributed by atoms with Crippen LogP contribution < -0.4 is 10.6 Å². The molecular formula is C13H24N2O2. The number of rotatable bonds is 4. The average Bonchev–Trinajstić information content (AvgIpc) is 2.74. The van der Waals surface area contributed by atoms with Crippen molar-refractivity contribution >= 4 is 5.91 Å². The Bertz CT molecular complexity index is 252. The third-order valence-corrected chi connectivity index (χ3v) is 4.11. The molecule has 2 unspecified atom stereocenters. The summed E-state index contributed by atoms with van der Waals surface area (Å²) < 4.78 is 0. The van der Waals surface area contributed by atoms with Crippen molar-refractivity contribution in [1.29, 1.82) is 0 Å². The second-order valence-corrected chi connectivity index (χ2v) is 5.46. The third-order valence-electron chi connectivity index (χ3n) is 4.11. The lowest BCUT2D eigenvalue weighted by Gasteiger charge is -2.22. The smallest absolute Gasteiger partial charge is 0.220 e. The number of piperidine rings is 1. The molecule has 0 spiro atoms. The van der Waals surface area contributed by atoms with Gasteiger partial charge >= 0.3 is 0 Å². The normalized spacial score (nSPS) is 30.4. The number of carbonyl (C=O) groups excluding carboxylic acids is 1. The van der Waals surface area contributed by atoms with E-state index in [1.807, 2.05) is 0 Å². The van der Waals surface area contributed by atoms with E-state index < -0.39 is 0 Å². The molecule has 0 aromatic carbocycles. The molecule has 0 radical (unpaired) electrons. The van der Waals surface area contributed by atoms with Crippen molar-refractivity contribution in [2.24, 2.45) is 11.8 Å². The second-order valence-electron chi connectivity index (χ2n) is 5.46. The van der Waals surface area contributed by atoms with Crippen molar-refractivity contribution in [3.63, 3.8) is 0 Å². The minimum atomic E-state index is -0.200. The third kappa shape index (κ3) is 3.96. The monoisotopic (exact) mass is 240 g/mol. The van der Waals surface area contributed by atoms with Crippen molar-refractivity contribution in [3.8, 4) is 0 Å². The van der Waals surface area contributed by atoms with Crippen LogP contribution in [0.2, 0.25) is 0 Å². The van der Waals surface area contributed by atoms with Gasteiger partial charge in [-0.05, 0) is 44.7 Å². The van der Waals surface area contributed by atoms with Crippen molar-refractivity contribution in [2.75, 3.05) is 19.6 Å². The van der Waals surface area contributed by atoms with E-state index in [0.717, 1.165) is 45.2 Å². The molecule has 1 amide bonds. The SMILES string of the molecule is O=C(CC1CCNCC1)NCC1CCCC1O. The lowest BCUT2D eigenvalue weighted by molar-refractivity contribution is -0.122. The van der Waals surface area contributed by atoms with Crippen LogP contribution in [0.25, 0.3) is 0 Å². The maximum atomic E-state index is 11.8. The Morgan fingerprint density at radius 3 is 2.65 bits per heavy atom. The first-order valence-electron chi connectivity index (χ1n) is 6.91. The Morgan fingerprint density at radius 1 is 1.24 bits per heavy atom. The van der Waals surface area contributed by atoms with Gasteiger partial charge in [0.15, 0.2) is 0 Å². The number of carbonyl (C=O) groups is 1. The first-order valence-corrected chi connectivity index (χ1v) is 6.91. The van der Waals surface area contributed by atoms with Gasteiger partial charge in [0, 0.05) is 18.9 Å². The second kappa shape index (κ2) is 6.36. The van der Waals surface area contributed by atoms with Crippen LogP contribution in [-0.4, -0.2) is 36.8 Å². The van der Waals surface area contributed by atoms with Crippen LogP contribution in [0.4, 0.5) is 0 Å². The van der Waals surface area contributed by atoms with Crippen molar-refractivity contribution in [3.05, 3.63) is 0 Å². The van der Waals surface area contributed by atoms with Gasteiger partial charge in [0.2, 0.25) is 5.91 Å². The van der Waals surface area contributed by atoms with Crippen LogP contribution in [0, 0.1) is 11.8 Å². The topological polar surface area (TPSA) is 61.4 Å². The number of aliphatic hydroxyl groups is 1. The molecule has 1 saturated carbocycles. The molecule has 1 saturated heterocycles. The molecule has 1 aliphatic heterocycles. The number of hydrogen-bond donors (Lipinski definition) is 3. The van der Waals surface area contributed by atoms with Crippen LogP contribution >= 0.6 is 0 Å². The summed E-state index contributed by atoms with van der Waals surface area (Å²) in [5.74, 6) is 0.993. The predicted molar refractivity (Wildman–Crippen MR) is 66.6 cm³/mol. The quantitative estimate of drug-likeness (QED) is 0.676. The van der Waals surface area contributed by atoms with Crippen LogP contribution in [0.3, 0.4) is 0 Å². The Hall–Kier alpha value is -0.610. The standard InChI is InChI=1S/C13H24N2O2/c16-12-3-1-2-11(12)9-15-13(17)8-10-4-6-14-7-5-10/h10-12,14,16H,1-9H2,(H,15,17). The Kier molecular flexibility index (Phi) is 4.80. The van der Waals surface area contributed by atoms with Crippen LogP contribution in [-0.2, 0) is 4.79 Å². The maximum Gasteiger partial charge on any atom is 0.220 e. The van der Waals surface area contributed by atoms with Gasteiger partial charge in [0.25, 0.3) is 0 Å². The molecule has 4 nitrogen and oxygen atoms in total. The predicted octanol–water partition coefficient (Wildman–Crippen LogP) is 0.653. The Balaban J connectivity index is 1.63. The first-order chi connectivity index (χ1) is 8.25. The molecular weight excluding hydrogens is 216 g/mol. The van der Waals surface area contributed by atoms with Crippen LogP contribution in [0.15, 0.2) is 0 Å². The molecule has 2 aliphatic rings. The van der Waals surface area contributed by atoms with Gasteiger partial charge in [-0.25, -0.2) is 0 Å². The van der Waals surface area contributed by atoms with Gasteiger partial charge in [-0.1, -0.05) is 6.42 Å². The Labute approximate surface area is 103 Å². The van der Waals surface area contributed by atoms with Gasteiger partial charge < -0.3 is 15.7 Å². The summed E-state index contributed by atoms with van der Waals surface area (Å²) in [7, 11) is 0. The summed E-state index contributed by atoms with van der Waals surface area (Å²) in [4.78, 5) is 11.8. The van der Waals surface area contributed by atoms with E-state index in [2.05, 4.69) is 10.6 Å². The summed E-state index contributed by atoms with van der Waals surface area (Å²) in [6.45, 7) is 2.74. The fraction of sp³-hybridized carbons (Fsp3) is 0.923. The van der Waals surface area contributed by atoms with Gasteiger partial charge in [0.1, 0.15) is 0 Å². The molecule has 0 aromatic heterocycles. The molecule has 2 rings (SSSR count). The van der Waals surface area contributed by atoms with Crippen molar-refractivity contribution in [2.45, 2.75) is 44.6 Å². The largest absolute Gasteiger partial charge is 0.393 e.